The second-order valence-electron chi connectivity index (χ2n) is 7.70. The van der Waals surface area contributed by atoms with Gasteiger partial charge in [-0.05, 0) is 38.1 Å². The van der Waals surface area contributed by atoms with Crippen molar-refractivity contribution in [3.63, 3.8) is 0 Å². The smallest absolute Gasteiger partial charge is 0.339 e. The first-order chi connectivity index (χ1) is 11.3. The summed E-state index contributed by atoms with van der Waals surface area (Å²) in [4.78, 5) is 13.9. The Morgan fingerprint density at radius 2 is 2.12 bits per heavy atom. The van der Waals surface area contributed by atoms with Gasteiger partial charge in [0.2, 0.25) is 5.60 Å². The van der Waals surface area contributed by atoms with E-state index in [-0.39, 0.29) is 24.0 Å². The average molecular weight is 333 g/mol. The monoisotopic (exact) mass is 333 g/mol. The Morgan fingerprint density at radius 3 is 2.83 bits per heavy atom. The molecule has 5 rings (SSSR count). The van der Waals surface area contributed by atoms with Crippen molar-refractivity contribution >= 4 is 5.97 Å². The van der Waals surface area contributed by atoms with Crippen molar-refractivity contribution in [2.24, 2.45) is 0 Å². The Kier molecular flexibility index (Phi) is 2.34. The number of benzene rings is 1. The van der Waals surface area contributed by atoms with E-state index < -0.39 is 28.7 Å². The summed E-state index contributed by atoms with van der Waals surface area (Å²) in [7, 11) is 1.91. The zero-order chi connectivity index (χ0) is 17.1. The van der Waals surface area contributed by atoms with Crippen LogP contribution in [0.4, 0.5) is 0 Å². The molecule has 4 N–H and O–H groups in total. The van der Waals surface area contributed by atoms with E-state index in [1.165, 1.54) is 6.07 Å². The summed E-state index contributed by atoms with van der Waals surface area (Å²) in [5, 5.41) is 42.5. The first-order valence-electron chi connectivity index (χ1n) is 8.16. The van der Waals surface area contributed by atoms with Crippen LogP contribution in [0.25, 0.3) is 0 Å². The standard InChI is InChI=1S/C17H19NO6/c1-18-5-4-15-11-8-2-3-9(19)12(11)24-13(15)16(22,14(20)21)7-17(15,23)10(18)6-8/h2-3,10,13,19,22-23H,4-7H2,1H3,(H,20,21)/t10-,13-,15+,16?,17+/m1/s1. The third-order valence-electron chi connectivity index (χ3n) is 6.82. The van der Waals surface area contributed by atoms with Crippen molar-refractivity contribution in [3.8, 4) is 11.5 Å². The minimum Gasteiger partial charge on any atom is -0.504 e. The van der Waals surface area contributed by atoms with E-state index in [1.54, 1.807) is 0 Å². The predicted octanol–water partition coefficient (Wildman–Crippen LogP) is -0.398. The first-order valence-corrected chi connectivity index (χ1v) is 8.16. The molecule has 0 amide bonds. The van der Waals surface area contributed by atoms with Gasteiger partial charge in [-0.2, -0.15) is 0 Å². The van der Waals surface area contributed by atoms with E-state index in [2.05, 4.69) is 0 Å². The van der Waals surface area contributed by atoms with Crippen LogP contribution < -0.4 is 4.74 Å². The highest BCUT2D eigenvalue weighted by Crippen LogP contribution is 2.68. The molecule has 5 atom stereocenters. The number of aromatic hydroxyl groups is 1. The Hall–Kier alpha value is -1.83. The van der Waals surface area contributed by atoms with Gasteiger partial charge in [0, 0.05) is 18.0 Å². The lowest BCUT2D eigenvalue weighted by Crippen LogP contribution is -2.70. The number of rotatable bonds is 1. The van der Waals surface area contributed by atoms with E-state index in [0.717, 1.165) is 5.56 Å². The first kappa shape index (κ1) is 14.5. The summed E-state index contributed by atoms with van der Waals surface area (Å²) in [6, 6.07) is 3.05. The van der Waals surface area contributed by atoms with Gasteiger partial charge >= 0.3 is 5.97 Å². The molecule has 1 saturated carbocycles. The van der Waals surface area contributed by atoms with E-state index >= 15 is 0 Å². The Bertz CT molecular complexity index is 796. The molecule has 7 heteroatoms. The van der Waals surface area contributed by atoms with Gasteiger partial charge in [0.05, 0.1) is 11.0 Å². The van der Waals surface area contributed by atoms with Gasteiger partial charge in [-0.15, -0.1) is 0 Å². The molecule has 2 aliphatic heterocycles. The Balaban J connectivity index is 1.87. The van der Waals surface area contributed by atoms with Crippen LogP contribution in [0.5, 0.6) is 11.5 Å². The van der Waals surface area contributed by atoms with Gasteiger partial charge in [0.1, 0.15) is 0 Å². The van der Waals surface area contributed by atoms with Gasteiger partial charge in [0.15, 0.2) is 17.6 Å². The molecule has 2 fully saturated rings. The number of ether oxygens (including phenoxy) is 1. The van der Waals surface area contributed by atoms with Gasteiger partial charge in [0.25, 0.3) is 0 Å². The summed E-state index contributed by atoms with van der Waals surface area (Å²) in [5.74, 6) is -1.25. The fraction of sp³-hybridized carbons (Fsp3) is 0.588. The molecule has 128 valence electrons. The summed E-state index contributed by atoms with van der Waals surface area (Å²) in [6.07, 6.45) is -0.376. The lowest BCUT2D eigenvalue weighted by Gasteiger charge is -2.56. The van der Waals surface area contributed by atoms with Gasteiger partial charge in [-0.25, -0.2) is 4.79 Å². The molecule has 1 aromatic carbocycles. The number of hydrogen-bond donors (Lipinski definition) is 4. The lowest BCUT2D eigenvalue weighted by molar-refractivity contribution is -0.167. The van der Waals surface area contributed by atoms with Crippen LogP contribution in [-0.2, 0) is 16.6 Å². The largest absolute Gasteiger partial charge is 0.504 e. The molecule has 2 heterocycles. The molecule has 2 bridgehead atoms. The maximum absolute atomic E-state index is 11.9. The number of aliphatic carboxylic acids is 1. The molecule has 1 saturated heterocycles. The van der Waals surface area contributed by atoms with Crippen LogP contribution in [0.3, 0.4) is 0 Å². The molecule has 2 aliphatic carbocycles. The molecule has 4 aliphatic rings. The summed E-state index contributed by atoms with van der Waals surface area (Å²) in [6.45, 7) is 0.664. The normalized spacial score (nSPS) is 45.0. The molecule has 0 aromatic heterocycles. The molecule has 0 radical (unpaired) electrons. The van der Waals surface area contributed by atoms with E-state index in [4.69, 9.17) is 4.74 Å². The zero-order valence-electron chi connectivity index (χ0n) is 13.2. The van der Waals surface area contributed by atoms with Crippen molar-refractivity contribution in [2.45, 2.75) is 48.0 Å². The maximum Gasteiger partial charge on any atom is 0.339 e. The number of carboxylic acids is 1. The van der Waals surface area contributed by atoms with Crippen LogP contribution in [0, 0.1) is 0 Å². The summed E-state index contributed by atoms with van der Waals surface area (Å²) in [5.41, 5.74) is -2.97. The lowest BCUT2D eigenvalue weighted by atomic mass is 9.56. The summed E-state index contributed by atoms with van der Waals surface area (Å²) >= 11 is 0. The number of likely N-dealkylation sites (N-methyl/N-ethyl adjacent to an activating group) is 1. The van der Waals surface area contributed by atoms with Crippen molar-refractivity contribution < 1.29 is 30.0 Å². The number of piperidine rings is 1. The average Bonchev–Trinajstić information content (AvgIpc) is 2.97. The summed E-state index contributed by atoms with van der Waals surface area (Å²) < 4.78 is 5.85. The molecule has 7 nitrogen and oxygen atoms in total. The highest BCUT2D eigenvalue weighted by atomic mass is 16.5. The Labute approximate surface area is 138 Å². The number of carboxylic acid groups (broad SMARTS) is 1. The van der Waals surface area contributed by atoms with Crippen LogP contribution in [-0.4, -0.2) is 68.2 Å². The van der Waals surface area contributed by atoms with Gasteiger partial charge in [-0.3, -0.25) is 0 Å². The van der Waals surface area contributed by atoms with Gasteiger partial charge in [-0.1, -0.05) is 6.07 Å². The van der Waals surface area contributed by atoms with Crippen molar-refractivity contribution in [1.29, 1.82) is 0 Å². The molecule has 24 heavy (non-hydrogen) atoms. The van der Waals surface area contributed by atoms with E-state index in [9.17, 15) is 25.2 Å². The number of carbonyl (C=O) groups is 1. The second kappa shape index (κ2) is 3.87. The fourth-order valence-corrected chi connectivity index (χ4v) is 5.83. The zero-order valence-corrected chi connectivity index (χ0v) is 13.2. The highest BCUT2D eigenvalue weighted by molar-refractivity contribution is 5.82. The number of likely N-dealkylation sites (tertiary alicyclic amines) is 1. The minimum atomic E-state index is -2.19. The minimum absolute atomic E-state index is 0.0787. The van der Waals surface area contributed by atoms with Gasteiger partial charge < -0.3 is 30.1 Å². The highest BCUT2D eigenvalue weighted by Gasteiger charge is 2.81. The van der Waals surface area contributed by atoms with Crippen LogP contribution in [0.15, 0.2) is 12.1 Å². The molecule has 1 aromatic rings. The third kappa shape index (κ3) is 1.21. The van der Waals surface area contributed by atoms with E-state index in [0.29, 0.717) is 24.9 Å². The van der Waals surface area contributed by atoms with Crippen LogP contribution >= 0.6 is 0 Å². The van der Waals surface area contributed by atoms with Crippen molar-refractivity contribution in [2.75, 3.05) is 13.6 Å². The molecular formula is C17H19NO6. The predicted molar refractivity (Wildman–Crippen MR) is 81.1 cm³/mol. The van der Waals surface area contributed by atoms with E-state index in [1.807, 2.05) is 18.0 Å². The molecule has 1 spiro atoms. The maximum atomic E-state index is 11.9. The quantitative estimate of drug-likeness (QED) is 0.553. The van der Waals surface area contributed by atoms with Crippen LogP contribution in [0.2, 0.25) is 0 Å². The fourth-order valence-electron chi connectivity index (χ4n) is 5.83. The van der Waals surface area contributed by atoms with Crippen LogP contribution in [0.1, 0.15) is 24.0 Å². The second-order valence-corrected chi connectivity index (χ2v) is 7.70. The number of aliphatic hydroxyl groups is 2. The number of phenolic OH excluding ortho intramolecular Hbond substituents is 1. The van der Waals surface area contributed by atoms with Crippen molar-refractivity contribution in [3.05, 3.63) is 23.3 Å². The number of phenols is 1. The Morgan fingerprint density at radius 1 is 1.38 bits per heavy atom. The number of nitrogens with zero attached hydrogens (tertiary/aromatic N) is 1. The number of hydrogen-bond acceptors (Lipinski definition) is 6. The SMILES string of the molecule is CN1CC[C@]23c4c5ccc(O)c4O[C@H]2C(O)(C(=O)O)C[C@]3(O)[C@H]1C5. The third-order valence-corrected chi connectivity index (χ3v) is 6.82. The topological polar surface area (TPSA) is 110 Å². The molecule has 1 unspecified atom stereocenters. The molecular weight excluding hydrogens is 314 g/mol. The van der Waals surface area contributed by atoms with Crippen molar-refractivity contribution in [1.82, 2.24) is 4.90 Å².